The number of hydrogen-bond donors (Lipinski definition) is 1. The van der Waals surface area contributed by atoms with Crippen LogP contribution in [-0.2, 0) is 4.79 Å². The summed E-state index contributed by atoms with van der Waals surface area (Å²) in [5.74, 6) is 0.420. The number of carbonyl (C=O) groups is 1. The van der Waals surface area contributed by atoms with E-state index in [-0.39, 0.29) is 23.2 Å². The molecule has 0 radical (unpaired) electrons. The highest BCUT2D eigenvalue weighted by molar-refractivity contribution is 6.21. The van der Waals surface area contributed by atoms with Crippen molar-refractivity contribution in [1.29, 1.82) is 0 Å². The first-order valence-electron chi connectivity index (χ1n) is 7.63. The second-order valence-electron chi connectivity index (χ2n) is 5.54. The lowest BCUT2D eigenvalue weighted by atomic mass is 9.96. The topological polar surface area (TPSA) is 29.1 Å². The van der Waals surface area contributed by atoms with Crippen LogP contribution in [0.2, 0.25) is 0 Å². The van der Waals surface area contributed by atoms with E-state index >= 15 is 0 Å². The van der Waals surface area contributed by atoms with E-state index in [1.165, 1.54) is 19.3 Å². The zero-order chi connectivity index (χ0) is 13.4. The zero-order valence-corrected chi connectivity index (χ0v) is 12.6. The smallest absolute Gasteiger partial charge is 0.223 e. The molecule has 0 heterocycles. The summed E-state index contributed by atoms with van der Waals surface area (Å²) in [7, 11) is 0. The van der Waals surface area contributed by atoms with Crippen LogP contribution >= 0.6 is 11.6 Å². The molecule has 0 spiro atoms. The van der Waals surface area contributed by atoms with Gasteiger partial charge in [-0.15, -0.1) is 11.6 Å². The highest BCUT2D eigenvalue weighted by Crippen LogP contribution is 2.23. The van der Waals surface area contributed by atoms with Crippen LogP contribution in [0.3, 0.4) is 0 Å². The van der Waals surface area contributed by atoms with Gasteiger partial charge in [-0.3, -0.25) is 4.79 Å². The Hall–Kier alpha value is -0.240. The van der Waals surface area contributed by atoms with Crippen LogP contribution in [0, 0.1) is 5.92 Å². The van der Waals surface area contributed by atoms with Crippen LogP contribution < -0.4 is 5.32 Å². The summed E-state index contributed by atoms with van der Waals surface area (Å²) in [6, 6.07) is 0.192. The molecule has 1 amide bonds. The molecule has 1 aliphatic rings. The molecule has 0 aromatic rings. The molecule has 2 unspecified atom stereocenters. The molecule has 2 nitrogen and oxygen atoms in total. The molecule has 1 rings (SSSR count). The molecule has 1 fully saturated rings. The summed E-state index contributed by atoms with van der Waals surface area (Å²) >= 11 is 6.38. The van der Waals surface area contributed by atoms with Crippen molar-refractivity contribution in [2.24, 2.45) is 5.92 Å². The molecule has 1 N–H and O–H groups in total. The van der Waals surface area contributed by atoms with Crippen molar-refractivity contribution in [1.82, 2.24) is 5.32 Å². The third kappa shape index (κ3) is 5.17. The van der Waals surface area contributed by atoms with Gasteiger partial charge in [0.1, 0.15) is 0 Å². The lowest BCUT2D eigenvalue weighted by Gasteiger charge is -2.24. The van der Waals surface area contributed by atoms with Gasteiger partial charge in [0.2, 0.25) is 5.91 Å². The van der Waals surface area contributed by atoms with Gasteiger partial charge in [0, 0.05) is 12.0 Å². The number of amides is 1. The van der Waals surface area contributed by atoms with Crippen molar-refractivity contribution in [3.63, 3.8) is 0 Å². The molecular formula is C15H28ClNO. The largest absolute Gasteiger partial charge is 0.352 e. The summed E-state index contributed by atoms with van der Waals surface area (Å²) in [4.78, 5) is 12.3. The molecule has 0 bridgehead atoms. The number of alkyl halides is 1. The highest BCUT2D eigenvalue weighted by atomic mass is 35.5. The Morgan fingerprint density at radius 2 is 1.78 bits per heavy atom. The molecule has 18 heavy (non-hydrogen) atoms. The summed E-state index contributed by atoms with van der Waals surface area (Å²) in [5, 5.41) is 3.33. The summed E-state index contributed by atoms with van der Waals surface area (Å²) in [6.07, 6.45) is 9.89. The predicted octanol–water partition coefficient (Wildman–Crippen LogP) is 4.26. The number of halogens is 1. The van der Waals surface area contributed by atoms with Gasteiger partial charge in [0.15, 0.2) is 0 Å². The van der Waals surface area contributed by atoms with Gasteiger partial charge >= 0.3 is 0 Å². The van der Waals surface area contributed by atoms with Gasteiger partial charge < -0.3 is 5.32 Å². The first-order valence-corrected chi connectivity index (χ1v) is 8.07. The van der Waals surface area contributed by atoms with Gasteiger partial charge in [-0.25, -0.2) is 0 Å². The van der Waals surface area contributed by atoms with Crippen LogP contribution in [-0.4, -0.2) is 17.3 Å². The van der Waals surface area contributed by atoms with Crippen molar-refractivity contribution < 1.29 is 4.79 Å². The molecule has 1 aliphatic carbocycles. The van der Waals surface area contributed by atoms with E-state index < -0.39 is 0 Å². The van der Waals surface area contributed by atoms with Gasteiger partial charge in [0.25, 0.3) is 0 Å². The maximum atomic E-state index is 12.3. The van der Waals surface area contributed by atoms with Crippen molar-refractivity contribution in [3.05, 3.63) is 0 Å². The van der Waals surface area contributed by atoms with Crippen molar-refractivity contribution in [2.75, 3.05) is 0 Å². The van der Waals surface area contributed by atoms with E-state index in [1.807, 2.05) is 0 Å². The van der Waals surface area contributed by atoms with Crippen molar-refractivity contribution in [3.8, 4) is 0 Å². The fraction of sp³-hybridized carbons (Fsp3) is 0.933. The van der Waals surface area contributed by atoms with Crippen LogP contribution in [0.1, 0.15) is 71.6 Å². The van der Waals surface area contributed by atoms with E-state index in [1.54, 1.807) is 0 Å². The lowest BCUT2D eigenvalue weighted by Crippen LogP contribution is -2.43. The molecular weight excluding hydrogens is 246 g/mol. The number of rotatable bonds is 6. The molecule has 0 aromatic carbocycles. The minimum absolute atomic E-state index is 0.125. The van der Waals surface area contributed by atoms with Gasteiger partial charge in [-0.05, 0) is 25.7 Å². The minimum atomic E-state index is 0.125. The number of hydrogen-bond acceptors (Lipinski definition) is 1. The van der Waals surface area contributed by atoms with E-state index in [0.717, 1.165) is 38.5 Å². The number of carbonyl (C=O) groups excluding carboxylic acids is 1. The molecule has 0 aliphatic heterocycles. The normalized spacial score (nSPS) is 24.9. The second kappa shape index (κ2) is 8.79. The zero-order valence-electron chi connectivity index (χ0n) is 11.9. The Balaban J connectivity index is 2.49. The van der Waals surface area contributed by atoms with Crippen LogP contribution in [0.25, 0.3) is 0 Å². The summed E-state index contributed by atoms with van der Waals surface area (Å²) in [6.45, 7) is 4.29. The molecule has 2 atom stereocenters. The Kier molecular flexibility index (Phi) is 7.73. The van der Waals surface area contributed by atoms with E-state index in [0.29, 0.717) is 0 Å². The predicted molar refractivity (Wildman–Crippen MR) is 78.0 cm³/mol. The Morgan fingerprint density at radius 1 is 1.17 bits per heavy atom. The van der Waals surface area contributed by atoms with Crippen molar-refractivity contribution in [2.45, 2.75) is 83.1 Å². The minimum Gasteiger partial charge on any atom is -0.352 e. The Bertz CT molecular complexity index is 239. The third-order valence-electron chi connectivity index (χ3n) is 3.90. The van der Waals surface area contributed by atoms with Crippen molar-refractivity contribution >= 4 is 17.5 Å². The van der Waals surface area contributed by atoms with Crippen LogP contribution in [0.5, 0.6) is 0 Å². The Morgan fingerprint density at radius 3 is 2.39 bits per heavy atom. The average Bonchev–Trinajstić information content (AvgIpc) is 2.55. The molecule has 0 aromatic heterocycles. The first kappa shape index (κ1) is 15.8. The fourth-order valence-corrected chi connectivity index (χ4v) is 3.17. The standard InChI is InChI=1S/C15H28ClNO/c1-3-8-12(9-4-2)15(18)17-14-11-7-5-6-10-13(14)16/h12-14H,3-11H2,1-2H3,(H,17,18). The SMILES string of the molecule is CCCC(CCC)C(=O)NC1CCCCCC1Cl. The summed E-state index contributed by atoms with van der Waals surface area (Å²) in [5.41, 5.74) is 0. The fourth-order valence-electron chi connectivity index (χ4n) is 2.83. The second-order valence-corrected chi connectivity index (χ2v) is 6.10. The van der Waals surface area contributed by atoms with E-state index in [9.17, 15) is 4.79 Å². The third-order valence-corrected chi connectivity index (χ3v) is 4.43. The highest BCUT2D eigenvalue weighted by Gasteiger charge is 2.26. The van der Waals surface area contributed by atoms with Crippen LogP contribution in [0.4, 0.5) is 0 Å². The Labute approximate surface area is 117 Å². The molecule has 3 heteroatoms. The molecule has 106 valence electrons. The van der Waals surface area contributed by atoms with E-state index in [4.69, 9.17) is 11.6 Å². The average molecular weight is 274 g/mol. The number of nitrogens with one attached hydrogen (secondary N) is 1. The maximum absolute atomic E-state index is 12.3. The van der Waals surface area contributed by atoms with Crippen LogP contribution in [0.15, 0.2) is 0 Å². The molecule has 0 saturated heterocycles. The maximum Gasteiger partial charge on any atom is 0.223 e. The van der Waals surface area contributed by atoms with Gasteiger partial charge in [-0.1, -0.05) is 46.0 Å². The quantitative estimate of drug-likeness (QED) is 0.569. The van der Waals surface area contributed by atoms with Gasteiger partial charge in [-0.2, -0.15) is 0 Å². The lowest BCUT2D eigenvalue weighted by molar-refractivity contribution is -0.126. The van der Waals surface area contributed by atoms with Gasteiger partial charge in [0.05, 0.1) is 5.38 Å². The van der Waals surface area contributed by atoms with E-state index in [2.05, 4.69) is 19.2 Å². The monoisotopic (exact) mass is 273 g/mol. The first-order chi connectivity index (χ1) is 8.69. The summed E-state index contributed by atoms with van der Waals surface area (Å²) < 4.78 is 0. The molecule has 1 saturated carbocycles.